The highest BCUT2D eigenvalue weighted by Crippen LogP contribution is 2.29. The van der Waals surface area contributed by atoms with E-state index in [-0.39, 0.29) is 18.3 Å². The number of hydrogen-bond acceptors (Lipinski definition) is 3. The zero-order valence-electron chi connectivity index (χ0n) is 14.2. The quantitative estimate of drug-likeness (QED) is 0.793. The van der Waals surface area contributed by atoms with E-state index < -0.39 is 5.54 Å². The van der Waals surface area contributed by atoms with Crippen molar-refractivity contribution in [3.63, 3.8) is 0 Å². The molecule has 1 aliphatic rings. The van der Waals surface area contributed by atoms with Crippen molar-refractivity contribution < 1.29 is 9.53 Å². The van der Waals surface area contributed by atoms with Gasteiger partial charge in [-0.2, -0.15) is 0 Å². The smallest absolute Gasteiger partial charge is 0.237 e. The van der Waals surface area contributed by atoms with E-state index in [9.17, 15) is 4.79 Å². The SMILES string of the molecule is Cl.NC(=O)C1(NCc2ccc(OCc3ccccc3)cc2)CCCC1. The summed E-state index contributed by atoms with van der Waals surface area (Å²) in [5.41, 5.74) is 7.34. The van der Waals surface area contributed by atoms with Gasteiger partial charge in [0.15, 0.2) is 0 Å². The molecule has 1 saturated carbocycles. The number of hydrogen-bond donors (Lipinski definition) is 2. The summed E-state index contributed by atoms with van der Waals surface area (Å²) in [5, 5.41) is 3.37. The molecule has 2 aromatic carbocycles. The molecule has 0 spiro atoms. The van der Waals surface area contributed by atoms with Crippen LogP contribution in [0.4, 0.5) is 0 Å². The Morgan fingerprint density at radius 1 is 1.00 bits per heavy atom. The molecule has 0 radical (unpaired) electrons. The second kappa shape index (κ2) is 8.88. The molecule has 1 amide bonds. The Labute approximate surface area is 155 Å². The molecule has 134 valence electrons. The van der Waals surface area contributed by atoms with E-state index in [2.05, 4.69) is 5.32 Å². The van der Waals surface area contributed by atoms with Gasteiger partial charge in [0.2, 0.25) is 5.91 Å². The number of nitrogens with two attached hydrogens (primary N) is 1. The number of primary amides is 1. The van der Waals surface area contributed by atoms with Gasteiger partial charge in [-0.05, 0) is 36.1 Å². The second-order valence-electron chi connectivity index (χ2n) is 6.43. The molecule has 0 saturated heterocycles. The Hall–Kier alpha value is -2.04. The van der Waals surface area contributed by atoms with Crippen molar-refractivity contribution in [3.8, 4) is 5.75 Å². The number of nitrogens with one attached hydrogen (secondary N) is 1. The van der Waals surface area contributed by atoms with Crippen LogP contribution in [0.2, 0.25) is 0 Å². The van der Waals surface area contributed by atoms with Crippen LogP contribution in [0.15, 0.2) is 54.6 Å². The Kier molecular flexibility index (Phi) is 6.85. The Morgan fingerprint density at radius 3 is 2.24 bits per heavy atom. The van der Waals surface area contributed by atoms with Gasteiger partial charge in [0.1, 0.15) is 12.4 Å². The van der Waals surface area contributed by atoms with Crippen LogP contribution in [0.1, 0.15) is 36.8 Å². The topological polar surface area (TPSA) is 64.4 Å². The lowest BCUT2D eigenvalue weighted by molar-refractivity contribution is -0.124. The first-order valence-electron chi connectivity index (χ1n) is 8.49. The van der Waals surface area contributed by atoms with Crippen molar-refractivity contribution in [1.82, 2.24) is 5.32 Å². The molecule has 0 aromatic heterocycles. The number of carbonyl (C=O) groups excluding carboxylic acids is 1. The third-order valence-corrected chi connectivity index (χ3v) is 4.73. The zero-order chi connectivity index (χ0) is 16.8. The highest BCUT2D eigenvalue weighted by Gasteiger charge is 2.38. The molecule has 0 bridgehead atoms. The van der Waals surface area contributed by atoms with E-state index in [1.807, 2.05) is 54.6 Å². The third kappa shape index (κ3) is 4.97. The van der Waals surface area contributed by atoms with Gasteiger partial charge < -0.3 is 10.5 Å². The van der Waals surface area contributed by atoms with Gasteiger partial charge in [-0.1, -0.05) is 55.3 Å². The largest absolute Gasteiger partial charge is 0.489 e. The highest BCUT2D eigenvalue weighted by atomic mass is 35.5. The molecular formula is C20H25ClN2O2. The third-order valence-electron chi connectivity index (χ3n) is 4.73. The standard InChI is InChI=1S/C20H24N2O2.ClH/c21-19(23)20(12-4-5-13-20)22-14-16-8-10-18(11-9-16)24-15-17-6-2-1-3-7-17;/h1-3,6-11,22H,4-5,12-15H2,(H2,21,23);1H. The number of benzene rings is 2. The lowest BCUT2D eigenvalue weighted by Gasteiger charge is -2.26. The summed E-state index contributed by atoms with van der Waals surface area (Å²) in [6.45, 7) is 1.20. The minimum Gasteiger partial charge on any atom is -0.489 e. The van der Waals surface area contributed by atoms with E-state index in [4.69, 9.17) is 10.5 Å². The van der Waals surface area contributed by atoms with E-state index in [1.54, 1.807) is 0 Å². The fourth-order valence-corrected chi connectivity index (χ4v) is 3.20. The number of halogens is 1. The maximum atomic E-state index is 11.8. The fourth-order valence-electron chi connectivity index (χ4n) is 3.20. The molecule has 0 unspecified atom stereocenters. The number of ether oxygens (including phenoxy) is 1. The van der Waals surface area contributed by atoms with E-state index in [0.717, 1.165) is 42.6 Å². The van der Waals surface area contributed by atoms with E-state index in [1.165, 1.54) is 0 Å². The van der Waals surface area contributed by atoms with Crippen molar-refractivity contribution in [2.75, 3.05) is 0 Å². The minimum absolute atomic E-state index is 0. The summed E-state index contributed by atoms with van der Waals surface area (Å²) < 4.78 is 5.79. The monoisotopic (exact) mass is 360 g/mol. The van der Waals surface area contributed by atoms with Gasteiger partial charge in [0.05, 0.1) is 5.54 Å². The summed E-state index contributed by atoms with van der Waals surface area (Å²) >= 11 is 0. The van der Waals surface area contributed by atoms with Gasteiger partial charge in [-0.15, -0.1) is 12.4 Å². The molecule has 5 heteroatoms. The minimum atomic E-state index is -0.525. The summed E-state index contributed by atoms with van der Waals surface area (Å²) in [6, 6.07) is 18.1. The predicted molar refractivity (Wildman–Crippen MR) is 102 cm³/mol. The zero-order valence-corrected chi connectivity index (χ0v) is 15.1. The molecule has 0 heterocycles. The predicted octanol–water partition coefficient (Wildman–Crippen LogP) is 3.58. The van der Waals surface area contributed by atoms with Crippen molar-refractivity contribution in [3.05, 3.63) is 65.7 Å². The van der Waals surface area contributed by atoms with E-state index >= 15 is 0 Å². The van der Waals surface area contributed by atoms with Crippen LogP contribution < -0.4 is 15.8 Å². The van der Waals surface area contributed by atoms with Gasteiger partial charge >= 0.3 is 0 Å². The second-order valence-corrected chi connectivity index (χ2v) is 6.43. The molecule has 4 nitrogen and oxygen atoms in total. The molecule has 1 aliphatic carbocycles. The maximum Gasteiger partial charge on any atom is 0.237 e. The van der Waals surface area contributed by atoms with Crippen LogP contribution in [0.5, 0.6) is 5.75 Å². The average molecular weight is 361 g/mol. The van der Waals surface area contributed by atoms with Gasteiger partial charge in [-0.3, -0.25) is 10.1 Å². The molecule has 3 N–H and O–H groups in total. The number of amides is 1. The van der Waals surface area contributed by atoms with Gasteiger partial charge in [0, 0.05) is 6.54 Å². The van der Waals surface area contributed by atoms with Crippen molar-refractivity contribution in [1.29, 1.82) is 0 Å². The van der Waals surface area contributed by atoms with Crippen molar-refractivity contribution >= 4 is 18.3 Å². The Balaban J connectivity index is 0.00000225. The highest BCUT2D eigenvalue weighted by molar-refractivity contribution is 5.85. The summed E-state index contributed by atoms with van der Waals surface area (Å²) in [7, 11) is 0. The molecule has 0 atom stereocenters. The number of rotatable bonds is 7. The first-order chi connectivity index (χ1) is 11.7. The van der Waals surface area contributed by atoms with Crippen LogP contribution in [-0.2, 0) is 17.9 Å². The molecule has 1 fully saturated rings. The summed E-state index contributed by atoms with van der Waals surface area (Å²) in [4.78, 5) is 11.8. The van der Waals surface area contributed by atoms with Gasteiger partial charge in [-0.25, -0.2) is 0 Å². The molecule has 25 heavy (non-hydrogen) atoms. The van der Waals surface area contributed by atoms with Crippen LogP contribution in [0.3, 0.4) is 0 Å². The summed E-state index contributed by atoms with van der Waals surface area (Å²) in [5.74, 6) is 0.607. The van der Waals surface area contributed by atoms with Crippen LogP contribution >= 0.6 is 12.4 Å². The first kappa shape index (κ1) is 19.3. The lowest BCUT2D eigenvalue weighted by atomic mass is 9.96. The average Bonchev–Trinajstić information content (AvgIpc) is 3.10. The first-order valence-corrected chi connectivity index (χ1v) is 8.49. The molecule has 2 aromatic rings. The van der Waals surface area contributed by atoms with Crippen LogP contribution in [0, 0.1) is 0 Å². The van der Waals surface area contributed by atoms with Crippen LogP contribution in [0.25, 0.3) is 0 Å². The summed E-state index contributed by atoms with van der Waals surface area (Å²) in [6.07, 6.45) is 3.78. The molecule has 0 aliphatic heterocycles. The van der Waals surface area contributed by atoms with E-state index in [0.29, 0.717) is 13.2 Å². The Bertz CT molecular complexity index is 668. The van der Waals surface area contributed by atoms with Crippen LogP contribution in [-0.4, -0.2) is 11.4 Å². The normalized spacial score (nSPS) is 15.4. The fraction of sp³-hybridized carbons (Fsp3) is 0.350. The maximum absolute atomic E-state index is 11.8. The van der Waals surface area contributed by atoms with Gasteiger partial charge in [0.25, 0.3) is 0 Å². The molecular weight excluding hydrogens is 336 g/mol. The lowest BCUT2D eigenvalue weighted by Crippen LogP contribution is -2.53. The van der Waals surface area contributed by atoms with Crippen molar-refractivity contribution in [2.45, 2.75) is 44.4 Å². The number of carbonyl (C=O) groups is 1. The Morgan fingerprint density at radius 2 is 1.64 bits per heavy atom. The van der Waals surface area contributed by atoms with Crippen molar-refractivity contribution in [2.24, 2.45) is 5.73 Å². The molecule has 3 rings (SSSR count).